The van der Waals surface area contributed by atoms with Crippen LogP contribution in [-0.4, -0.2) is 12.8 Å². The molecular formula is C10H21N. The molecule has 0 aromatic rings. The van der Waals surface area contributed by atoms with Crippen LogP contribution >= 0.6 is 0 Å². The highest BCUT2D eigenvalue weighted by molar-refractivity contribution is 5.59. The molecule has 0 rings (SSSR count). The first kappa shape index (κ1) is 10.7. The third kappa shape index (κ3) is 7.57. The van der Waals surface area contributed by atoms with Gasteiger partial charge in [-0.3, -0.25) is 4.99 Å². The van der Waals surface area contributed by atoms with E-state index in [2.05, 4.69) is 38.9 Å². The van der Waals surface area contributed by atoms with Crippen LogP contribution in [0.2, 0.25) is 0 Å². The van der Waals surface area contributed by atoms with Crippen molar-refractivity contribution >= 4 is 6.21 Å². The van der Waals surface area contributed by atoms with Crippen LogP contribution in [0.1, 0.15) is 40.5 Å². The van der Waals surface area contributed by atoms with Gasteiger partial charge in [-0.1, -0.05) is 27.7 Å². The quantitative estimate of drug-likeness (QED) is 0.541. The average molecular weight is 155 g/mol. The molecule has 0 unspecified atom stereocenters. The molecule has 11 heavy (non-hydrogen) atoms. The smallest absolute Gasteiger partial charge is 0.0387 e. The maximum atomic E-state index is 4.36. The highest BCUT2D eigenvalue weighted by Crippen LogP contribution is 2.00. The Labute approximate surface area is 70.9 Å². The van der Waals surface area contributed by atoms with Gasteiger partial charge in [-0.2, -0.15) is 0 Å². The molecule has 0 saturated heterocycles. The minimum Gasteiger partial charge on any atom is -0.297 e. The molecule has 0 aromatic carbocycles. The SMILES string of the molecule is CC[C@H](C)C=NCCC(C)C. The van der Waals surface area contributed by atoms with Gasteiger partial charge >= 0.3 is 0 Å². The van der Waals surface area contributed by atoms with E-state index in [0.717, 1.165) is 12.5 Å². The molecule has 1 nitrogen and oxygen atoms in total. The van der Waals surface area contributed by atoms with Crippen LogP contribution in [-0.2, 0) is 0 Å². The third-order valence-corrected chi connectivity index (χ3v) is 1.84. The molecule has 1 heteroatoms. The second-order valence-corrected chi connectivity index (χ2v) is 3.62. The van der Waals surface area contributed by atoms with Gasteiger partial charge in [0.25, 0.3) is 0 Å². The van der Waals surface area contributed by atoms with Crippen molar-refractivity contribution in [3.8, 4) is 0 Å². The van der Waals surface area contributed by atoms with Gasteiger partial charge in [0.2, 0.25) is 0 Å². The first-order valence-electron chi connectivity index (χ1n) is 4.66. The molecule has 0 aliphatic carbocycles. The maximum Gasteiger partial charge on any atom is 0.0387 e. The summed E-state index contributed by atoms with van der Waals surface area (Å²) in [4.78, 5) is 4.36. The number of hydrogen-bond acceptors (Lipinski definition) is 1. The molecule has 0 spiro atoms. The molecule has 0 bridgehead atoms. The summed E-state index contributed by atoms with van der Waals surface area (Å²) in [5.74, 6) is 1.44. The van der Waals surface area contributed by atoms with Crippen molar-refractivity contribution in [2.75, 3.05) is 6.54 Å². The highest BCUT2D eigenvalue weighted by Gasteiger charge is 1.92. The van der Waals surface area contributed by atoms with E-state index < -0.39 is 0 Å². The van der Waals surface area contributed by atoms with Crippen LogP contribution in [0.3, 0.4) is 0 Å². The Bertz CT molecular complexity index is 105. The van der Waals surface area contributed by atoms with E-state index in [-0.39, 0.29) is 0 Å². The molecule has 0 N–H and O–H groups in total. The number of aliphatic imine (C=N–C) groups is 1. The summed E-state index contributed by atoms with van der Waals surface area (Å²) in [6.07, 6.45) is 4.50. The number of hydrogen-bond donors (Lipinski definition) is 0. The van der Waals surface area contributed by atoms with E-state index in [9.17, 15) is 0 Å². The Kier molecular flexibility index (Phi) is 6.19. The maximum absolute atomic E-state index is 4.36. The van der Waals surface area contributed by atoms with Gasteiger partial charge in [0.05, 0.1) is 0 Å². The predicted molar refractivity (Wildman–Crippen MR) is 52.3 cm³/mol. The lowest BCUT2D eigenvalue weighted by atomic mass is 10.1. The summed E-state index contributed by atoms with van der Waals surface area (Å²) in [6.45, 7) is 9.87. The Morgan fingerprint density at radius 2 is 1.91 bits per heavy atom. The van der Waals surface area contributed by atoms with Crippen LogP contribution < -0.4 is 0 Å². The van der Waals surface area contributed by atoms with Crippen molar-refractivity contribution < 1.29 is 0 Å². The lowest BCUT2D eigenvalue weighted by molar-refractivity contribution is 0.595. The van der Waals surface area contributed by atoms with E-state index in [4.69, 9.17) is 0 Å². The Hall–Kier alpha value is -0.330. The van der Waals surface area contributed by atoms with Crippen molar-refractivity contribution in [1.29, 1.82) is 0 Å². The molecule has 0 saturated carbocycles. The molecule has 0 aliphatic rings. The van der Waals surface area contributed by atoms with Crippen LogP contribution in [0.15, 0.2) is 4.99 Å². The second kappa shape index (κ2) is 6.38. The van der Waals surface area contributed by atoms with Gasteiger partial charge in [-0.25, -0.2) is 0 Å². The average Bonchev–Trinajstić information content (AvgIpc) is 1.97. The molecule has 0 aliphatic heterocycles. The first-order chi connectivity index (χ1) is 5.16. The zero-order valence-corrected chi connectivity index (χ0v) is 8.30. The fourth-order valence-electron chi connectivity index (χ4n) is 0.693. The zero-order chi connectivity index (χ0) is 8.69. The van der Waals surface area contributed by atoms with Crippen molar-refractivity contribution in [2.45, 2.75) is 40.5 Å². The number of rotatable bonds is 5. The molecule has 0 heterocycles. The fraction of sp³-hybridized carbons (Fsp3) is 0.900. The predicted octanol–water partition coefficient (Wildman–Crippen LogP) is 3.15. The van der Waals surface area contributed by atoms with Crippen LogP contribution in [0.25, 0.3) is 0 Å². The van der Waals surface area contributed by atoms with E-state index in [1.54, 1.807) is 0 Å². The summed E-state index contributed by atoms with van der Waals surface area (Å²) in [5.41, 5.74) is 0. The van der Waals surface area contributed by atoms with Crippen molar-refractivity contribution in [1.82, 2.24) is 0 Å². The lowest BCUT2D eigenvalue weighted by Crippen LogP contribution is -1.96. The Balaban J connectivity index is 3.29. The van der Waals surface area contributed by atoms with Crippen LogP contribution in [0, 0.1) is 11.8 Å². The minimum atomic E-state index is 0.655. The topological polar surface area (TPSA) is 12.4 Å². The van der Waals surface area contributed by atoms with Crippen molar-refractivity contribution in [3.63, 3.8) is 0 Å². The zero-order valence-electron chi connectivity index (χ0n) is 8.30. The summed E-state index contributed by atoms with van der Waals surface area (Å²) in [6, 6.07) is 0. The van der Waals surface area contributed by atoms with Crippen molar-refractivity contribution in [2.24, 2.45) is 16.8 Å². The molecule has 0 fully saturated rings. The molecule has 0 radical (unpaired) electrons. The molecule has 66 valence electrons. The summed E-state index contributed by atoms with van der Waals surface area (Å²) < 4.78 is 0. The Morgan fingerprint density at radius 3 is 2.36 bits per heavy atom. The summed E-state index contributed by atoms with van der Waals surface area (Å²) in [5, 5.41) is 0. The second-order valence-electron chi connectivity index (χ2n) is 3.62. The monoisotopic (exact) mass is 155 g/mol. The van der Waals surface area contributed by atoms with E-state index >= 15 is 0 Å². The van der Waals surface area contributed by atoms with E-state index in [0.29, 0.717) is 5.92 Å². The molecule has 1 atom stereocenters. The summed E-state index contributed by atoms with van der Waals surface area (Å²) in [7, 11) is 0. The van der Waals surface area contributed by atoms with Gasteiger partial charge in [-0.05, 0) is 24.7 Å². The highest BCUT2D eigenvalue weighted by atomic mass is 14.7. The first-order valence-corrected chi connectivity index (χ1v) is 4.66. The minimum absolute atomic E-state index is 0.655. The third-order valence-electron chi connectivity index (χ3n) is 1.84. The van der Waals surface area contributed by atoms with Gasteiger partial charge in [0.1, 0.15) is 0 Å². The van der Waals surface area contributed by atoms with Crippen LogP contribution in [0.5, 0.6) is 0 Å². The van der Waals surface area contributed by atoms with E-state index in [1.807, 2.05) is 0 Å². The normalized spacial score (nSPS) is 14.6. The van der Waals surface area contributed by atoms with Gasteiger partial charge in [0.15, 0.2) is 0 Å². The lowest BCUT2D eigenvalue weighted by Gasteiger charge is -2.01. The molecular weight excluding hydrogens is 134 g/mol. The number of nitrogens with zero attached hydrogens (tertiary/aromatic N) is 1. The largest absolute Gasteiger partial charge is 0.297 e. The van der Waals surface area contributed by atoms with Gasteiger partial charge in [0, 0.05) is 12.8 Å². The van der Waals surface area contributed by atoms with Crippen LogP contribution in [0.4, 0.5) is 0 Å². The van der Waals surface area contributed by atoms with Gasteiger partial charge < -0.3 is 0 Å². The Morgan fingerprint density at radius 1 is 1.27 bits per heavy atom. The van der Waals surface area contributed by atoms with E-state index in [1.165, 1.54) is 12.8 Å². The molecule has 0 amide bonds. The van der Waals surface area contributed by atoms with Crippen molar-refractivity contribution in [3.05, 3.63) is 0 Å². The van der Waals surface area contributed by atoms with Gasteiger partial charge in [-0.15, -0.1) is 0 Å². The summed E-state index contributed by atoms with van der Waals surface area (Å²) >= 11 is 0. The standard InChI is InChI=1S/C10H21N/c1-5-10(4)8-11-7-6-9(2)3/h8-10H,5-7H2,1-4H3/t10-/m0/s1. The fourth-order valence-corrected chi connectivity index (χ4v) is 0.693. The molecule has 0 aromatic heterocycles.